The van der Waals surface area contributed by atoms with Crippen molar-refractivity contribution >= 4 is 35.3 Å². The fourth-order valence-corrected chi connectivity index (χ4v) is 3.91. The summed E-state index contributed by atoms with van der Waals surface area (Å²) >= 11 is 0. The molecule has 2 rings (SSSR count). The van der Waals surface area contributed by atoms with Gasteiger partial charge in [-0.15, -0.1) is 0 Å². The fourth-order valence-electron chi connectivity index (χ4n) is 3.91. The van der Waals surface area contributed by atoms with Crippen molar-refractivity contribution < 1.29 is 24.3 Å². The van der Waals surface area contributed by atoms with Crippen LogP contribution in [0.1, 0.15) is 32.6 Å². The number of carboxylic acid groups (broad SMARTS) is 1. The molecular formula is C24H34N6O5. The maximum Gasteiger partial charge on any atom is 0.304 e. The number of hydrogen-bond donors (Lipinski definition) is 5. The van der Waals surface area contributed by atoms with Crippen LogP contribution in [0.15, 0.2) is 42.0 Å². The number of carbonyl (C=O) groups is 4. The number of guanidine groups is 1. The van der Waals surface area contributed by atoms with Gasteiger partial charge in [0.15, 0.2) is 5.96 Å². The molecule has 0 aliphatic carbocycles. The van der Waals surface area contributed by atoms with Crippen molar-refractivity contribution in [2.24, 2.45) is 11.7 Å². The van der Waals surface area contributed by atoms with Crippen molar-refractivity contribution in [2.75, 3.05) is 31.6 Å². The van der Waals surface area contributed by atoms with Crippen LogP contribution in [-0.2, 0) is 19.2 Å². The van der Waals surface area contributed by atoms with Gasteiger partial charge >= 0.3 is 5.97 Å². The molecule has 1 aromatic carbocycles. The largest absolute Gasteiger partial charge is 0.481 e. The maximum atomic E-state index is 13.1. The topological polar surface area (TPSA) is 169 Å². The Morgan fingerprint density at radius 1 is 1.26 bits per heavy atom. The molecule has 2 atom stereocenters. The molecule has 0 fully saturated rings. The minimum Gasteiger partial charge on any atom is -0.481 e. The minimum atomic E-state index is -1.08. The average molecular weight is 487 g/mol. The number of nitrogens with two attached hydrogens (primary N) is 1. The van der Waals surface area contributed by atoms with E-state index in [9.17, 15) is 24.3 Å². The molecule has 190 valence electrons. The summed E-state index contributed by atoms with van der Waals surface area (Å²) in [4.78, 5) is 52.3. The maximum absolute atomic E-state index is 13.1. The zero-order valence-corrected chi connectivity index (χ0v) is 20.1. The summed E-state index contributed by atoms with van der Waals surface area (Å²) in [7, 11) is 1.55. The van der Waals surface area contributed by atoms with E-state index in [4.69, 9.17) is 11.1 Å². The number of carboxylic acids is 1. The lowest BCUT2D eigenvalue weighted by atomic mass is 10.0. The number of nitrogens with one attached hydrogen (secondary N) is 3. The molecule has 2 unspecified atom stereocenters. The van der Waals surface area contributed by atoms with Crippen LogP contribution < -0.4 is 21.3 Å². The first-order valence-electron chi connectivity index (χ1n) is 11.5. The molecule has 0 aromatic heterocycles. The van der Waals surface area contributed by atoms with Crippen LogP contribution in [0.2, 0.25) is 0 Å². The van der Waals surface area contributed by atoms with Crippen molar-refractivity contribution in [1.82, 2.24) is 15.5 Å². The van der Waals surface area contributed by atoms with E-state index < -0.39 is 17.9 Å². The van der Waals surface area contributed by atoms with Crippen molar-refractivity contribution in [2.45, 2.75) is 38.6 Å². The van der Waals surface area contributed by atoms with Crippen LogP contribution >= 0.6 is 0 Å². The molecule has 0 bridgehead atoms. The summed E-state index contributed by atoms with van der Waals surface area (Å²) in [6.07, 6.45) is 2.63. The predicted octanol–water partition coefficient (Wildman–Crippen LogP) is 0.667. The standard InChI is InChI=1S/C24H34N6O5/c1-16(31)29(2)20(9-6-11-27-24(25)26)22(34)28-15-17-10-12-30(19-7-4-3-5-8-19)23(35)18(13-17)14-21(32)33/h3-5,7-8,13,18,20H,6,9-12,14-15H2,1-2H3,(H,28,34)(H,32,33)(H4,25,26,27). The first-order valence-corrected chi connectivity index (χ1v) is 11.5. The van der Waals surface area contributed by atoms with E-state index in [1.807, 2.05) is 18.2 Å². The monoisotopic (exact) mass is 486 g/mol. The highest BCUT2D eigenvalue weighted by Gasteiger charge is 2.30. The number of carbonyl (C=O) groups excluding carboxylic acids is 3. The van der Waals surface area contributed by atoms with Crippen LogP contribution in [0.3, 0.4) is 0 Å². The average Bonchev–Trinajstić information content (AvgIpc) is 2.95. The van der Waals surface area contributed by atoms with E-state index in [-0.39, 0.29) is 36.6 Å². The minimum absolute atomic E-state index is 0.138. The third-order valence-corrected chi connectivity index (χ3v) is 5.87. The number of likely N-dealkylation sites (N-methyl/N-ethyl adjacent to an activating group) is 1. The fraction of sp³-hybridized carbons (Fsp3) is 0.458. The van der Waals surface area contributed by atoms with Crippen LogP contribution in [0.5, 0.6) is 0 Å². The first-order chi connectivity index (χ1) is 16.6. The number of para-hydroxylation sites is 1. The number of hydrogen-bond acceptors (Lipinski definition) is 5. The Hall–Kier alpha value is -3.89. The lowest BCUT2D eigenvalue weighted by Crippen LogP contribution is -2.47. The van der Waals surface area contributed by atoms with Gasteiger partial charge in [0.05, 0.1) is 12.3 Å². The Balaban J connectivity index is 2.11. The highest BCUT2D eigenvalue weighted by atomic mass is 16.4. The van der Waals surface area contributed by atoms with Gasteiger partial charge in [0.2, 0.25) is 17.7 Å². The van der Waals surface area contributed by atoms with Gasteiger partial charge in [-0.05, 0) is 31.4 Å². The Labute approximate surface area is 204 Å². The van der Waals surface area contributed by atoms with E-state index in [1.165, 1.54) is 11.8 Å². The molecule has 0 saturated carbocycles. The third-order valence-electron chi connectivity index (χ3n) is 5.87. The molecule has 0 saturated heterocycles. The van der Waals surface area contributed by atoms with Crippen LogP contribution in [0.4, 0.5) is 5.69 Å². The predicted molar refractivity (Wildman–Crippen MR) is 132 cm³/mol. The lowest BCUT2D eigenvalue weighted by molar-refractivity contribution is -0.139. The van der Waals surface area contributed by atoms with E-state index in [2.05, 4.69) is 10.6 Å². The Bertz CT molecular complexity index is 964. The normalized spacial score (nSPS) is 16.5. The molecule has 35 heavy (non-hydrogen) atoms. The second-order valence-electron chi connectivity index (χ2n) is 8.45. The quantitative estimate of drug-likeness (QED) is 0.132. The first kappa shape index (κ1) is 27.4. The van der Waals surface area contributed by atoms with Crippen LogP contribution in [-0.4, -0.2) is 72.4 Å². The van der Waals surface area contributed by atoms with Crippen molar-refractivity contribution in [3.05, 3.63) is 42.0 Å². The summed E-state index contributed by atoms with van der Waals surface area (Å²) in [5.74, 6) is -3.01. The molecule has 6 N–H and O–H groups in total. The van der Waals surface area contributed by atoms with E-state index in [1.54, 1.807) is 30.2 Å². The SMILES string of the molecule is CC(=O)N(C)C(CCCNC(=N)N)C(=O)NCC1=CC(CC(=O)O)C(=O)N(c2ccccc2)CC1. The summed E-state index contributed by atoms with van der Waals surface area (Å²) in [6, 6.07) is 8.34. The van der Waals surface area contributed by atoms with Gasteiger partial charge in [-0.1, -0.05) is 29.8 Å². The van der Waals surface area contributed by atoms with Gasteiger partial charge in [-0.3, -0.25) is 24.6 Å². The summed E-state index contributed by atoms with van der Waals surface area (Å²) in [6.45, 7) is 2.26. The molecular weight excluding hydrogens is 452 g/mol. The van der Waals surface area contributed by atoms with Crippen molar-refractivity contribution in [3.8, 4) is 0 Å². The lowest BCUT2D eigenvalue weighted by Gasteiger charge is -2.26. The third kappa shape index (κ3) is 8.43. The van der Waals surface area contributed by atoms with Gasteiger partial charge in [-0.2, -0.15) is 0 Å². The molecule has 1 heterocycles. The molecule has 3 amide bonds. The molecule has 11 heteroatoms. The summed E-state index contributed by atoms with van der Waals surface area (Å²) < 4.78 is 0. The van der Waals surface area contributed by atoms with Crippen LogP contribution in [0, 0.1) is 11.3 Å². The smallest absolute Gasteiger partial charge is 0.304 e. The van der Waals surface area contributed by atoms with Gasteiger partial charge in [0.1, 0.15) is 6.04 Å². The Morgan fingerprint density at radius 3 is 2.54 bits per heavy atom. The highest BCUT2D eigenvalue weighted by Crippen LogP contribution is 2.25. The Kier molecular flexibility index (Phi) is 10.2. The summed E-state index contributed by atoms with van der Waals surface area (Å²) in [5, 5.41) is 22.1. The highest BCUT2D eigenvalue weighted by molar-refractivity contribution is 5.98. The number of anilines is 1. The number of nitrogens with zero attached hydrogens (tertiary/aromatic N) is 2. The molecule has 0 spiro atoms. The second-order valence-corrected chi connectivity index (χ2v) is 8.45. The second kappa shape index (κ2) is 13.1. The van der Waals surface area contributed by atoms with Gasteiger partial charge in [0, 0.05) is 39.3 Å². The molecule has 1 aliphatic rings. The van der Waals surface area contributed by atoms with E-state index in [0.29, 0.717) is 38.0 Å². The molecule has 0 radical (unpaired) electrons. The van der Waals surface area contributed by atoms with E-state index in [0.717, 1.165) is 5.57 Å². The van der Waals surface area contributed by atoms with Gasteiger partial charge < -0.3 is 31.3 Å². The zero-order chi connectivity index (χ0) is 26.0. The van der Waals surface area contributed by atoms with Crippen LogP contribution in [0.25, 0.3) is 0 Å². The van der Waals surface area contributed by atoms with Gasteiger partial charge in [-0.25, -0.2) is 0 Å². The van der Waals surface area contributed by atoms with Crippen molar-refractivity contribution in [1.29, 1.82) is 5.41 Å². The van der Waals surface area contributed by atoms with Gasteiger partial charge in [0.25, 0.3) is 0 Å². The molecule has 1 aromatic rings. The molecule has 11 nitrogen and oxygen atoms in total. The zero-order valence-electron chi connectivity index (χ0n) is 20.1. The number of amides is 3. The van der Waals surface area contributed by atoms with E-state index >= 15 is 0 Å². The van der Waals surface area contributed by atoms with Crippen molar-refractivity contribution in [3.63, 3.8) is 0 Å². The number of benzene rings is 1. The Morgan fingerprint density at radius 2 is 1.94 bits per heavy atom. The number of rotatable bonds is 11. The number of aliphatic carboxylic acids is 1. The molecule has 1 aliphatic heterocycles. The summed E-state index contributed by atoms with van der Waals surface area (Å²) in [5.41, 5.74) is 6.71.